The first-order valence-corrected chi connectivity index (χ1v) is 9.84. The number of piperidine rings is 1. The minimum Gasteiger partial charge on any atom is -0.342 e. The zero-order valence-electron chi connectivity index (χ0n) is 15.9. The van der Waals surface area contributed by atoms with Crippen molar-refractivity contribution in [2.24, 2.45) is 23.5 Å². The Morgan fingerprint density at radius 2 is 1.64 bits per heavy atom. The topological polar surface area (TPSA) is 49.6 Å². The maximum Gasteiger partial charge on any atom is 0.225 e. The van der Waals surface area contributed by atoms with Gasteiger partial charge >= 0.3 is 0 Å². The fraction of sp³-hybridized carbons (Fsp3) is 0.947. The van der Waals surface area contributed by atoms with E-state index in [1.165, 1.54) is 32.2 Å². The lowest BCUT2D eigenvalue weighted by Gasteiger charge is -2.45. The number of hydrogen-bond acceptors (Lipinski definition) is 3. The predicted molar refractivity (Wildman–Crippen MR) is 109 cm³/mol. The van der Waals surface area contributed by atoms with Crippen LogP contribution < -0.4 is 5.73 Å². The highest BCUT2D eigenvalue weighted by Crippen LogP contribution is 2.42. The molecule has 148 valence electrons. The van der Waals surface area contributed by atoms with E-state index in [9.17, 15) is 4.79 Å². The van der Waals surface area contributed by atoms with Gasteiger partial charge in [0.05, 0.1) is 0 Å². The minimum atomic E-state index is 0. The van der Waals surface area contributed by atoms with Crippen molar-refractivity contribution in [1.82, 2.24) is 9.80 Å². The summed E-state index contributed by atoms with van der Waals surface area (Å²) in [5.74, 6) is 1.83. The Hall–Kier alpha value is -0.0300. The summed E-state index contributed by atoms with van der Waals surface area (Å²) in [5, 5.41) is 0. The van der Waals surface area contributed by atoms with Crippen LogP contribution in [0.15, 0.2) is 0 Å². The van der Waals surface area contributed by atoms with Crippen LogP contribution in [0.4, 0.5) is 0 Å². The lowest BCUT2D eigenvalue weighted by molar-refractivity contribution is -0.140. The number of carbonyl (C=O) groups is 1. The summed E-state index contributed by atoms with van der Waals surface area (Å²) in [7, 11) is 2.05. The number of amides is 1. The van der Waals surface area contributed by atoms with E-state index in [2.05, 4.69) is 16.7 Å². The number of nitrogens with zero attached hydrogens (tertiary/aromatic N) is 2. The van der Waals surface area contributed by atoms with Crippen molar-refractivity contribution < 1.29 is 4.79 Å². The van der Waals surface area contributed by atoms with E-state index in [1.807, 2.05) is 7.05 Å². The van der Waals surface area contributed by atoms with Gasteiger partial charge in [-0.3, -0.25) is 4.79 Å². The molecule has 2 saturated carbocycles. The molecule has 4 nitrogen and oxygen atoms in total. The molecule has 3 rings (SSSR count). The summed E-state index contributed by atoms with van der Waals surface area (Å²) in [6, 6.07) is 0.807. The maximum absolute atomic E-state index is 13.0. The predicted octanol–water partition coefficient (Wildman–Crippen LogP) is 3.32. The minimum absolute atomic E-state index is 0. The molecule has 1 saturated heterocycles. The lowest BCUT2D eigenvalue weighted by atomic mass is 9.65. The second-order valence-corrected chi connectivity index (χ2v) is 8.22. The fourth-order valence-electron chi connectivity index (χ4n) is 5.31. The second kappa shape index (κ2) is 10.3. The Morgan fingerprint density at radius 3 is 2.16 bits per heavy atom. The number of halogens is 2. The number of fused-ring (bicyclic) bond motifs is 2. The van der Waals surface area contributed by atoms with Gasteiger partial charge in [-0.2, -0.15) is 0 Å². The van der Waals surface area contributed by atoms with Gasteiger partial charge in [-0.15, -0.1) is 24.8 Å². The van der Waals surface area contributed by atoms with Crippen molar-refractivity contribution in [3.63, 3.8) is 0 Å². The molecule has 1 aliphatic heterocycles. The summed E-state index contributed by atoms with van der Waals surface area (Å²) in [5.41, 5.74) is 6.38. The smallest absolute Gasteiger partial charge is 0.225 e. The molecule has 3 fully saturated rings. The monoisotopic (exact) mass is 393 g/mol. The lowest BCUT2D eigenvalue weighted by Crippen LogP contribution is -2.52. The van der Waals surface area contributed by atoms with Crippen molar-refractivity contribution >= 4 is 30.7 Å². The largest absolute Gasteiger partial charge is 0.342 e. The Balaban J connectivity index is 0.00000156. The quantitative estimate of drug-likeness (QED) is 0.796. The van der Waals surface area contributed by atoms with E-state index in [1.54, 1.807) is 0 Å². The van der Waals surface area contributed by atoms with E-state index >= 15 is 0 Å². The average Bonchev–Trinajstić information content (AvgIpc) is 2.54. The highest BCUT2D eigenvalue weighted by Gasteiger charge is 2.42. The third kappa shape index (κ3) is 5.24. The number of carbonyl (C=O) groups excluding carboxylic acids is 1. The summed E-state index contributed by atoms with van der Waals surface area (Å²) < 4.78 is 0. The molecule has 6 heteroatoms. The normalized spacial score (nSPS) is 33.1. The van der Waals surface area contributed by atoms with Gasteiger partial charge in [0, 0.05) is 38.1 Å². The molecular formula is C19H37Cl2N3O. The van der Waals surface area contributed by atoms with Gasteiger partial charge in [0.2, 0.25) is 5.91 Å². The van der Waals surface area contributed by atoms with Crippen LogP contribution in [0.3, 0.4) is 0 Å². The van der Waals surface area contributed by atoms with Crippen molar-refractivity contribution in [2.75, 3.05) is 26.7 Å². The van der Waals surface area contributed by atoms with Crippen molar-refractivity contribution in [2.45, 2.75) is 70.4 Å². The molecule has 1 amide bonds. The first kappa shape index (κ1) is 23.0. The summed E-state index contributed by atoms with van der Waals surface area (Å²) in [4.78, 5) is 17.7. The SMILES string of the molecule is CCCN1CCC(N(C)C(=O)C2CC3CCCC(C2)C3N)CC1.Cl.Cl. The Morgan fingerprint density at radius 1 is 1.08 bits per heavy atom. The summed E-state index contributed by atoms with van der Waals surface area (Å²) >= 11 is 0. The number of hydrogen-bond donors (Lipinski definition) is 1. The van der Waals surface area contributed by atoms with Crippen LogP contribution >= 0.6 is 24.8 Å². The van der Waals surface area contributed by atoms with Crippen molar-refractivity contribution in [3.8, 4) is 0 Å². The standard InChI is InChI=1S/C19H35N3O.2ClH/c1-3-9-22-10-7-17(8-11-22)21(2)19(23)16-12-14-5-4-6-15(13-16)18(14)20;;/h14-18H,3-13,20H2,1-2H3;2*1H. The fourth-order valence-corrected chi connectivity index (χ4v) is 5.31. The highest BCUT2D eigenvalue weighted by atomic mass is 35.5. The van der Waals surface area contributed by atoms with E-state index in [0.717, 1.165) is 38.8 Å². The van der Waals surface area contributed by atoms with Gasteiger partial charge in [-0.05, 0) is 63.3 Å². The maximum atomic E-state index is 13.0. The van der Waals surface area contributed by atoms with Gasteiger partial charge in [0.25, 0.3) is 0 Å². The third-order valence-electron chi connectivity index (χ3n) is 6.75. The first-order chi connectivity index (χ1) is 11.1. The van der Waals surface area contributed by atoms with Crippen LogP contribution in [0.25, 0.3) is 0 Å². The highest BCUT2D eigenvalue weighted by molar-refractivity contribution is 5.85. The molecule has 0 aromatic carbocycles. The summed E-state index contributed by atoms with van der Waals surface area (Å²) in [6.07, 6.45) is 9.37. The van der Waals surface area contributed by atoms with Crippen molar-refractivity contribution in [3.05, 3.63) is 0 Å². The van der Waals surface area contributed by atoms with Crippen LogP contribution in [0.1, 0.15) is 58.3 Å². The second-order valence-electron chi connectivity index (χ2n) is 8.22. The van der Waals surface area contributed by atoms with E-state index in [0.29, 0.717) is 29.8 Å². The van der Waals surface area contributed by atoms with Gasteiger partial charge in [0.1, 0.15) is 0 Å². The molecule has 2 bridgehead atoms. The van der Waals surface area contributed by atoms with Gasteiger partial charge in [0.15, 0.2) is 0 Å². The number of likely N-dealkylation sites (tertiary alicyclic amines) is 1. The molecule has 2 N–H and O–H groups in total. The first-order valence-electron chi connectivity index (χ1n) is 9.84. The van der Waals surface area contributed by atoms with E-state index in [-0.39, 0.29) is 30.7 Å². The Kier molecular flexibility index (Phi) is 9.52. The third-order valence-corrected chi connectivity index (χ3v) is 6.75. The molecule has 2 unspecified atom stereocenters. The zero-order valence-corrected chi connectivity index (χ0v) is 17.5. The number of rotatable bonds is 4. The van der Waals surface area contributed by atoms with Gasteiger partial charge in [-0.25, -0.2) is 0 Å². The number of nitrogens with two attached hydrogens (primary N) is 1. The van der Waals surface area contributed by atoms with E-state index < -0.39 is 0 Å². The Labute approximate surface area is 166 Å². The zero-order chi connectivity index (χ0) is 16.4. The molecule has 0 radical (unpaired) electrons. The molecule has 2 aliphatic carbocycles. The molecule has 1 heterocycles. The molecular weight excluding hydrogens is 357 g/mol. The van der Waals surface area contributed by atoms with Gasteiger partial charge in [-0.1, -0.05) is 13.3 Å². The molecule has 3 aliphatic rings. The molecule has 2 atom stereocenters. The molecule has 25 heavy (non-hydrogen) atoms. The van der Waals surface area contributed by atoms with Crippen LogP contribution in [-0.2, 0) is 4.79 Å². The van der Waals surface area contributed by atoms with Crippen LogP contribution in [0, 0.1) is 17.8 Å². The molecule has 0 aromatic rings. The van der Waals surface area contributed by atoms with Crippen molar-refractivity contribution in [1.29, 1.82) is 0 Å². The average molecular weight is 394 g/mol. The van der Waals surface area contributed by atoms with Crippen LogP contribution in [0.2, 0.25) is 0 Å². The summed E-state index contributed by atoms with van der Waals surface area (Å²) in [6.45, 7) is 5.74. The van der Waals surface area contributed by atoms with E-state index in [4.69, 9.17) is 5.73 Å². The van der Waals surface area contributed by atoms with Crippen LogP contribution in [-0.4, -0.2) is 54.5 Å². The Bertz CT molecular complexity index is 401. The molecule has 0 aromatic heterocycles. The van der Waals surface area contributed by atoms with Crippen LogP contribution in [0.5, 0.6) is 0 Å². The molecule has 0 spiro atoms. The van der Waals surface area contributed by atoms with Gasteiger partial charge < -0.3 is 15.5 Å².